The van der Waals surface area contributed by atoms with Crippen LogP contribution in [0, 0.1) is 12.7 Å². The van der Waals surface area contributed by atoms with Crippen LogP contribution in [0.5, 0.6) is 0 Å². The number of benzene rings is 2. The highest BCUT2D eigenvalue weighted by molar-refractivity contribution is 8.26. The van der Waals surface area contributed by atoms with E-state index < -0.39 is 39.3 Å². The quantitative estimate of drug-likeness (QED) is 0.287. The number of rotatable bonds is 6. The molecule has 0 radical (unpaired) electrons. The summed E-state index contributed by atoms with van der Waals surface area (Å²) in [6, 6.07) is 11.1. The van der Waals surface area contributed by atoms with Gasteiger partial charge in [0.15, 0.2) is 0 Å². The molecule has 0 saturated carbocycles. The van der Waals surface area contributed by atoms with Gasteiger partial charge in [-0.25, -0.2) is 23.6 Å². The van der Waals surface area contributed by atoms with Crippen LogP contribution >= 0.6 is 35.3 Å². The molecule has 0 bridgehead atoms. The van der Waals surface area contributed by atoms with E-state index in [4.69, 9.17) is 18.9 Å². The maximum Gasteiger partial charge on any atom is 0.345 e. The van der Waals surface area contributed by atoms with Gasteiger partial charge < -0.3 is 23.8 Å². The molecule has 0 atom stereocenters. The van der Waals surface area contributed by atoms with Gasteiger partial charge in [-0.05, 0) is 50.1 Å². The summed E-state index contributed by atoms with van der Waals surface area (Å²) in [5.74, 6) is -4.18. The van der Waals surface area contributed by atoms with Crippen molar-refractivity contribution in [1.29, 1.82) is 0 Å². The molecule has 3 aliphatic heterocycles. The number of carbonyl (C=O) groups is 5. The van der Waals surface area contributed by atoms with E-state index in [1.54, 1.807) is 24.8 Å². The Bertz CT molecular complexity index is 1800. The third-order valence-corrected chi connectivity index (χ3v) is 12.5. The summed E-state index contributed by atoms with van der Waals surface area (Å²) < 4.78 is 32.4. The number of aryl methyl sites for hydroxylation is 1. The van der Waals surface area contributed by atoms with Crippen LogP contribution < -0.4 is 4.90 Å². The number of halogens is 1. The molecular weight excluding hydrogens is 670 g/mol. The van der Waals surface area contributed by atoms with Crippen LogP contribution in [0.4, 0.5) is 10.1 Å². The van der Waals surface area contributed by atoms with Crippen molar-refractivity contribution < 1.29 is 47.3 Å². The van der Waals surface area contributed by atoms with Crippen LogP contribution in [-0.2, 0) is 49.3 Å². The summed E-state index contributed by atoms with van der Waals surface area (Å²) in [4.78, 5) is 69.5. The SMILES string of the molecule is COC(=O)C1=C(C(=O)OC)SC2(S1)C(C(=O)OC)=C(C(=O)OC)SC1=C2c2ccc(C)cc2N(C(=O)Cc2ccc(F)cc2)C1(C)C. The number of fused-ring (bicyclic) bond motifs is 3. The molecule has 14 heteroatoms. The molecule has 0 saturated heterocycles. The van der Waals surface area contributed by atoms with Crippen molar-refractivity contribution in [3.05, 3.63) is 90.2 Å². The minimum absolute atomic E-state index is 0.0628. The molecular formula is C33H30FNO9S3. The average molecular weight is 700 g/mol. The van der Waals surface area contributed by atoms with Gasteiger partial charge in [0.05, 0.1) is 51.7 Å². The van der Waals surface area contributed by atoms with Gasteiger partial charge in [-0.1, -0.05) is 59.6 Å². The van der Waals surface area contributed by atoms with E-state index in [9.17, 15) is 28.4 Å². The van der Waals surface area contributed by atoms with Crippen molar-refractivity contribution in [1.82, 2.24) is 0 Å². The summed E-state index contributed by atoms with van der Waals surface area (Å²) in [7, 11) is 4.64. The molecule has 0 unspecified atom stereocenters. The summed E-state index contributed by atoms with van der Waals surface area (Å²) in [5.41, 5.74) is 1.59. The standard InChI is InChI=1S/C33H30FNO9S3/c1-16-8-13-19-20(14-16)35(21(36)15-17-9-11-18(34)12-10-17)32(2,3)27-22(19)33(23(28(37)41-4)24(45-27)29(38)42-5)46-25(30(39)43-6)26(47-33)31(40)44-7/h8-14H,15H2,1-7H3. The molecule has 3 heterocycles. The first-order valence-corrected chi connectivity index (χ1v) is 16.5. The molecule has 47 heavy (non-hydrogen) atoms. The van der Waals surface area contributed by atoms with Gasteiger partial charge in [0.25, 0.3) is 0 Å². The van der Waals surface area contributed by atoms with Crippen molar-refractivity contribution in [3.63, 3.8) is 0 Å². The number of amides is 1. The zero-order valence-corrected chi connectivity index (χ0v) is 28.9. The number of nitrogens with zero attached hydrogens (tertiary/aromatic N) is 1. The van der Waals surface area contributed by atoms with Crippen molar-refractivity contribution in [2.45, 2.75) is 36.8 Å². The maximum atomic E-state index is 14.3. The fourth-order valence-electron chi connectivity index (χ4n) is 5.73. The van der Waals surface area contributed by atoms with Gasteiger partial charge >= 0.3 is 23.9 Å². The Morgan fingerprint density at radius 1 is 0.766 bits per heavy atom. The highest BCUT2D eigenvalue weighted by atomic mass is 32.2. The zero-order chi connectivity index (χ0) is 34.4. The van der Waals surface area contributed by atoms with Gasteiger partial charge in [-0.15, -0.1) is 0 Å². The first kappa shape index (κ1) is 34.3. The first-order valence-electron chi connectivity index (χ1n) is 14.1. The fourth-order valence-corrected chi connectivity index (χ4v) is 10.8. The van der Waals surface area contributed by atoms with Crippen molar-refractivity contribution in [2.24, 2.45) is 0 Å². The molecule has 2 aromatic rings. The lowest BCUT2D eigenvalue weighted by molar-refractivity contribution is -0.138. The second-order valence-electron chi connectivity index (χ2n) is 11.1. The van der Waals surface area contributed by atoms with E-state index in [0.29, 0.717) is 27.3 Å². The Labute approximate surface area is 283 Å². The molecule has 1 spiro atoms. The predicted molar refractivity (Wildman–Crippen MR) is 177 cm³/mol. The number of anilines is 1. The molecule has 2 aromatic carbocycles. The fraction of sp³-hybridized carbons (Fsp3) is 0.303. The monoisotopic (exact) mass is 699 g/mol. The number of ether oxygens (including phenoxy) is 4. The number of thioether (sulfide) groups is 3. The van der Waals surface area contributed by atoms with Crippen LogP contribution in [0.2, 0.25) is 0 Å². The normalized spacial score (nSPS) is 17.7. The Morgan fingerprint density at radius 3 is 1.83 bits per heavy atom. The Morgan fingerprint density at radius 2 is 1.30 bits per heavy atom. The van der Waals surface area contributed by atoms with Crippen LogP contribution in [0.1, 0.15) is 30.5 Å². The number of hydrogen-bond donors (Lipinski definition) is 0. The van der Waals surface area contributed by atoms with Gasteiger partial charge in [0.1, 0.15) is 24.6 Å². The third-order valence-electron chi connectivity index (χ3n) is 7.81. The van der Waals surface area contributed by atoms with E-state index in [1.807, 2.05) is 19.1 Å². The van der Waals surface area contributed by atoms with Crippen molar-refractivity contribution >= 4 is 76.3 Å². The molecule has 0 N–H and O–H groups in total. The Kier molecular flexibility index (Phi) is 9.41. The summed E-state index contributed by atoms with van der Waals surface area (Å²) >= 11 is 2.68. The molecule has 10 nitrogen and oxygen atoms in total. The topological polar surface area (TPSA) is 126 Å². The van der Waals surface area contributed by atoms with Crippen LogP contribution in [0.15, 0.2) is 67.7 Å². The number of esters is 4. The lowest BCUT2D eigenvalue weighted by Gasteiger charge is -2.51. The first-order chi connectivity index (χ1) is 22.2. The largest absolute Gasteiger partial charge is 0.466 e. The van der Waals surface area contributed by atoms with Crippen LogP contribution in [0.25, 0.3) is 5.57 Å². The highest BCUT2D eigenvalue weighted by Crippen LogP contribution is 2.71. The summed E-state index contributed by atoms with van der Waals surface area (Å²) in [6.45, 7) is 5.47. The molecule has 0 aromatic heterocycles. The smallest absolute Gasteiger partial charge is 0.345 e. The summed E-state index contributed by atoms with van der Waals surface area (Å²) in [5, 5.41) is 0. The second-order valence-corrected chi connectivity index (χ2v) is 14.8. The molecule has 1 amide bonds. The van der Waals surface area contributed by atoms with Gasteiger partial charge in [0, 0.05) is 16.0 Å². The third kappa shape index (κ3) is 5.65. The predicted octanol–water partition coefficient (Wildman–Crippen LogP) is 5.29. The molecule has 5 rings (SSSR count). The van der Waals surface area contributed by atoms with E-state index in [0.717, 1.165) is 69.3 Å². The zero-order valence-electron chi connectivity index (χ0n) is 26.5. The number of hydrogen-bond acceptors (Lipinski definition) is 12. The lowest BCUT2D eigenvalue weighted by Crippen LogP contribution is -2.54. The van der Waals surface area contributed by atoms with Gasteiger partial charge in [-0.2, -0.15) is 0 Å². The van der Waals surface area contributed by atoms with Gasteiger partial charge in [-0.3, -0.25) is 4.79 Å². The Balaban J connectivity index is 1.83. The van der Waals surface area contributed by atoms with Crippen LogP contribution in [-0.4, -0.2) is 67.8 Å². The minimum Gasteiger partial charge on any atom is -0.466 e. The van der Waals surface area contributed by atoms with Crippen molar-refractivity contribution in [2.75, 3.05) is 33.3 Å². The van der Waals surface area contributed by atoms with E-state index in [2.05, 4.69) is 0 Å². The number of methoxy groups -OCH3 is 4. The molecule has 246 valence electrons. The van der Waals surface area contributed by atoms with Crippen LogP contribution in [0.3, 0.4) is 0 Å². The van der Waals surface area contributed by atoms with E-state index >= 15 is 0 Å². The highest BCUT2D eigenvalue weighted by Gasteiger charge is 2.61. The maximum absolute atomic E-state index is 14.3. The van der Waals surface area contributed by atoms with Gasteiger partial charge in [0.2, 0.25) is 5.91 Å². The Hall–Kier alpha value is -4.01. The molecule has 3 aliphatic rings. The number of carbonyl (C=O) groups excluding carboxylic acids is 5. The van der Waals surface area contributed by atoms with Crippen molar-refractivity contribution in [3.8, 4) is 0 Å². The van der Waals surface area contributed by atoms with E-state index in [1.165, 1.54) is 24.3 Å². The molecule has 0 aliphatic carbocycles. The second kappa shape index (κ2) is 12.9. The lowest BCUT2D eigenvalue weighted by atomic mass is 9.82. The minimum atomic E-state index is -1.67. The summed E-state index contributed by atoms with van der Waals surface area (Å²) in [6.07, 6.45) is -0.0628. The molecule has 0 fully saturated rings. The average Bonchev–Trinajstić information content (AvgIpc) is 3.44. The van der Waals surface area contributed by atoms with E-state index in [-0.39, 0.29) is 32.6 Å².